The van der Waals surface area contributed by atoms with E-state index in [4.69, 9.17) is 9.47 Å². The zero-order chi connectivity index (χ0) is 29.4. The fourth-order valence-electron chi connectivity index (χ4n) is 5.30. The van der Waals surface area contributed by atoms with Crippen LogP contribution in [0.4, 0.5) is 26.3 Å². The van der Waals surface area contributed by atoms with Gasteiger partial charge in [0, 0.05) is 18.2 Å². The number of aryl methyl sites for hydroxylation is 1. The van der Waals surface area contributed by atoms with Crippen LogP contribution in [-0.2, 0) is 34.7 Å². The van der Waals surface area contributed by atoms with Crippen LogP contribution in [0.15, 0.2) is 48.4 Å². The Morgan fingerprint density at radius 1 is 1.10 bits per heavy atom. The smallest absolute Gasteiger partial charge is 0.416 e. The second kappa shape index (κ2) is 11.2. The molecule has 2 heterocycles. The van der Waals surface area contributed by atoms with E-state index in [-0.39, 0.29) is 17.9 Å². The minimum absolute atomic E-state index is 0.0180. The summed E-state index contributed by atoms with van der Waals surface area (Å²) in [5, 5.41) is 12.0. The van der Waals surface area contributed by atoms with Crippen LogP contribution in [0.3, 0.4) is 0 Å². The molecule has 0 aliphatic carbocycles. The second-order valence-corrected chi connectivity index (χ2v) is 10.6. The van der Waals surface area contributed by atoms with Gasteiger partial charge in [0.15, 0.2) is 0 Å². The summed E-state index contributed by atoms with van der Waals surface area (Å²) < 4.78 is 92.7. The molecule has 0 saturated carbocycles. The molecule has 0 bridgehead atoms. The highest BCUT2D eigenvalue weighted by Crippen LogP contribution is 2.41. The largest absolute Gasteiger partial charge is 0.496 e. The highest BCUT2D eigenvalue weighted by atomic mass is 19.4. The van der Waals surface area contributed by atoms with E-state index in [1.54, 1.807) is 6.92 Å². The van der Waals surface area contributed by atoms with Crippen molar-refractivity contribution in [3.05, 3.63) is 76.2 Å². The summed E-state index contributed by atoms with van der Waals surface area (Å²) in [7, 11) is 0. The fraction of sp³-hybridized carbons (Fsp3) is 0.483. The highest BCUT2D eigenvalue weighted by Gasteiger charge is 2.41. The van der Waals surface area contributed by atoms with Crippen molar-refractivity contribution in [2.75, 3.05) is 6.61 Å². The molecule has 2 aromatic carbocycles. The van der Waals surface area contributed by atoms with Crippen LogP contribution in [0.1, 0.15) is 61.1 Å². The van der Waals surface area contributed by atoms with Gasteiger partial charge >= 0.3 is 18.3 Å². The van der Waals surface area contributed by atoms with Crippen molar-refractivity contribution in [3.63, 3.8) is 0 Å². The summed E-state index contributed by atoms with van der Waals surface area (Å²) in [5.41, 5.74) is -0.996. The monoisotopic (exact) mass is 571 g/mol. The Morgan fingerprint density at radius 2 is 1.82 bits per heavy atom. The van der Waals surface area contributed by atoms with Crippen molar-refractivity contribution >= 4 is 5.97 Å². The summed E-state index contributed by atoms with van der Waals surface area (Å²) in [6.07, 6.45) is -6.76. The Bertz CT molecular complexity index is 1270. The molecule has 0 amide bonds. The number of benzene rings is 2. The lowest BCUT2D eigenvalue weighted by molar-refractivity contribution is -0.142. The number of ether oxygens (including phenoxy) is 2. The predicted molar refractivity (Wildman–Crippen MR) is 134 cm³/mol. The molecule has 2 N–H and O–H groups in total. The van der Waals surface area contributed by atoms with Crippen molar-refractivity contribution in [1.29, 1.82) is 0 Å². The van der Waals surface area contributed by atoms with E-state index < -0.39 is 47.0 Å². The van der Waals surface area contributed by atoms with Crippen LogP contribution in [0.2, 0.25) is 0 Å². The van der Waals surface area contributed by atoms with Gasteiger partial charge in [0.1, 0.15) is 17.6 Å². The first kappa shape index (κ1) is 29.6. The minimum Gasteiger partial charge on any atom is -0.496 e. The van der Waals surface area contributed by atoms with Crippen LogP contribution in [0, 0.1) is 17.8 Å². The van der Waals surface area contributed by atoms with Gasteiger partial charge in [-0.1, -0.05) is 26.0 Å². The van der Waals surface area contributed by atoms with Crippen molar-refractivity contribution in [2.24, 2.45) is 17.8 Å². The number of hydrogen-bond acceptors (Lipinski definition) is 4. The van der Waals surface area contributed by atoms with Gasteiger partial charge in [-0.25, -0.2) is 0 Å². The molecule has 1 saturated heterocycles. The van der Waals surface area contributed by atoms with Crippen LogP contribution < -0.4 is 10.1 Å². The van der Waals surface area contributed by atoms with Crippen LogP contribution >= 0.6 is 0 Å². The number of nitrogens with one attached hydrogen (secondary N) is 1. The normalized spacial score (nSPS) is 23.6. The number of halogens is 6. The number of rotatable bonds is 7. The van der Waals surface area contributed by atoms with Gasteiger partial charge in [0.25, 0.3) is 0 Å². The lowest BCUT2D eigenvalue weighted by atomic mass is 9.85. The molecule has 4 rings (SSSR count). The van der Waals surface area contributed by atoms with E-state index in [2.05, 4.69) is 5.32 Å². The topological polar surface area (TPSA) is 67.8 Å². The zero-order valence-corrected chi connectivity index (χ0v) is 22.2. The SMILES string of the molecule is CC(Cc1ccc2c(c1)OC(C1/C(=C/NC(C)c3cc(C(F)(F)F)ccc3C(F)(F)F)OCC1C)CC2)C(=O)O. The average molecular weight is 572 g/mol. The molecular formula is C29H31F6NO4. The Labute approximate surface area is 228 Å². The molecule has 0 aromatic heterocycles. The maximum Gasteiger partial charge on any atom is 0.416 e. The lowest BCUT2D eigenvalue weighted by Gasteiger charge is -2.32. The van der Waals surface area contributed by atoms with Gasteiger partial charge in [-0.3, -0.25) is 4.79 Å². The fourth-order valence-corrected chi connectivity index (χ4v) is 5.30. The summed E-state index contributed by atoms with van der Waals surface area (Å²) in [5.74, 6) is -0.549. The molecule has 11 heteroatoms. The summed E-state index contributed by atoms with van der Waals surface area (Å²) in [6.45, 7) is 5.31. The predicted octanol–water partition coefficient (Wildman–Crippen LogP) is 7.16. The van der Waals surface area contributed by atoms with Gasteiger partial charge in [0.2, 0.25) is 0 Å². The highest BCUT2D eigenvalue weighted by molar-refractivity contribution is 5.70. The number of carboxylic acid groups (broad SMARTS) is 1. The standard InChI is InChI=1S/C29H31F6NO4/c1-15(27(37)38)10-18-4-5-19-6-9-23(40-24(19)11-18)26-16(2)14-39-25(26)13-36-17(3)21-12-20(28(30,31)32)7-8-22(21)29(33,34)35/h4-5,7-8,11-13,15-17,23,26,36H,6,9-10,14H2,1-3H3,(H,37,38)/b25-13-. The van der Waals surface area contributed by atoms with Gasteiger partial charge in [0.05, 0.1) is 29.6 Å². The molecule has 2 aliphatic heterocycles. The Hall–Kier alpha value is -3.37. The third-order valence-electron chi connectivity index (χ3n) is 7.55. The van der Waals surface area contributed by atoms with Crippen molar-refractivity contribution < 1.29 is 45.7 Å². The van der Waals surface area contributed by atoms with E-state index >= 15 is 0 Å². The molecule has 2 aliphatic rings. The molecule has 5 atom stereocenters. The second-order valence-electron chi connectivity index (χ2n) is 10.6. The molecular weight excluding hydrogens is 540 g/mol. The van der Waals surface area contributed by atoms with Gasteiger partial charge < -0.3 is 19.9 Å². The van der Waals surface area contributed by atoms with Gasteiger partial charge in [-0.05, 0) is 67.1 Å². The van der Waals surface area contributed by atoms with E-state index in [0.29, 0.717) is 55.6 Å². The van der Waals surface area contributed by atoms with Crippen molar-refractivity contribution in [3.8, 4) is 5.75 Å². The first-order valence-corrected chi connectivity index (χ1v) is 13.0. The molecule has 0 radical (unpaired) electrons. The zero-order valence-electron chi connectivity index (χ0n) is 22.2. The third-order valence-corrected chi connectivity index (χ3v) is 7.55. The maximum absolute atomic E-state index is 13.6. The number of aliphatic carboxylic acids is 1. The summed E-state index contributed by atoms with van der Waals surface area (Å²) in [4.78, 5) is 11.3. The first-order chi connectivity index (χ1) is 18.6. The number of fused-ring (bicyclic) bond motifs is 1. The number of carbonyl (C=O) groups is 1. The quantitative estimate of drug-likeness (QED) is 0.346. The Kier molecular flexibility index (Phi) is 8.33. The number of hydrogen-bond donors (Lipinski definition) is 2. The van der Waals surface area contributed by atoms with Crippen LogP contribution in [0.5, 0.6) is 5.75 Å². The van der Waals surface area contributed by atoms with Crippen molar-refractivity contribution in [2.45, 2.75) is 64.5 Å². The van der Waals surface area contributed by atoms with E-state index in [1.165, 1.54) is 13.1 Å². The minimum atomic E-state index is -4.83. The molecule has 5 unspecified atom stereocenters. The lowest BCUT2D eigenvalue weighted by Crippen LogP contribution is -2.34. The maximum atomic E-state index is 13.6. The molecule has 1 fully saturated rings. The summed E-state index contributed by atoms with van der Waals surface area (Å²) in [6, 6.07) is 5.98. The number of alkyl halides is 6. The Balaban J connectivity index is 1.54. The molecule has 218 valence electrons. The first-order valence-electron chi connectivity index (χ1n) is 13.0. The third kappa shape index (κ3) is 6.50. The molecule has 2 aromatic rings. The average Bonchev–Trinajstić information content (AvgIpc) is 3.25. The number of carboxylic acids is 1. The van der Waals surface area contributed by atoms with E-state index in [9.17, 15) is 36.2 Å². The van der Waals surface area contributed by atoms with Gasteiger partial charge in [-0.15, -0.1) is 0 Å². The Morgan fingerprint density at radius 3 is 2.48 bits per heavy atom. The van der Waals surface area contributed by atoms with Crippen LogP contribution in [0.25, 0.3) is 0 Å². The molecule has 40 heavy (non-hydrogen) atoms. The van der Waals surface area contributed by atoms with Crippen LogP contribution in [-0.4, -0.2) is 23.8 Å². The molecule has 5 nitrogen and oxygen atoms in total. The van der Waals surface area contributed by atoms with E-state index in [1.807, 2.05) is 25.1 Å². The summed E-state index contributed by atoms with van der Waals surface area (Å²) >= 11 is 0. The van der Waals surface area contributed by atoms with Gasteiger partial charge in [-0.2, -0.15) is 26.3 Å². The van der Waals surface area contributed by atoms with E-state index in [0.717, 1.165) is 11.1 Å². The molecule has 0 spiro atoms. The van der Waals surface area contributed by atoms with Crippen molar-refractivity contribution in [1.82, 2.24) is 5.32 Å².